The van der Waals surface area contributed by atoms with E-state index in [1.54, 1.807) is 0 Å². The maximum absolute atomic E-state index is 5.47. The zero-order valence-electron chi connectivity index (χ0n) is 12.0. The molecule has 1 atom stereocenters. The Morgan fingerprint density at radius 3 is 2.44 bits per heavy atom. The molecule has 1 unspecified atom stereocenters. The molecule has 0 aliphatic heterocycles. The summed E-state index contributed by atoms with van der Waals surface area (Å²) in [7, 11) is 2.04. The van der Waals surface area contributed by atoms with Gasteiger partial charge in [0.15, 0.2) is 0 Å². The predicted molar refractivity (Wildman–Crippen MR) is 78.1 cm³/mol. The van der Waals surface area contributed by atoms with Crippen molar-refractivity contribution >= 4 is 0 Å². The highest BCUT2D eigenvalue weighted by Gasteiger charge is 2.28. The quantitative estimate of drug-likeness (QED) is 0.678. The fourth-order valence-electron chi connectivity index (χ4n) is 2.63. The van der Waals surface area contributed by atoms with Crippen molar-refractivity contribution in [3.8, 4) is 0 Å². The van der Waals surface area contributed by atoms with Crippen molar-refractivity contribution in [3.63, 3.8) is 0 Å². The van der Waals surface area contributed by atoms with Crippen molar-refractivity contribution in [2.45, 2.75) is 38.5 Å². The van der Waals surface area contributed by atoms with Gasteiger partial charge in [0, 0.05) is 25.2 Å². The molecule has 1 aromatic carbocycles. The molecule has 1 aromatic rings. The average molecular weight is 249 g/mol. The van der Waals surface area contributed by atoms with Crippen LogP contribution in [0.1, 0.15) is 38.7 Å². The van der Waals surface area contributed by atoms with Gasteiger partial charge in [-0.05, 0) is 38.8 Å². The summed E-state index contributed by atoms with van der Waals surface area (Å²) in [6.07, 6.45) is 3.45. The number of likely N-dealkylation sites (N-methyl/N-ethyl adjacent to an activating group) is 1. The van der Waals surface area contributed by atoms with Crippen LogP contribution < -0.4 is 5.32 Å². The summed E-state index contributed by atoms with van der Waals surface area (Å²) >= 11 is 0. The van der Waals surface area contributed by atoms with E-state index in [0.717, 1.165) is 32.6 Å². The Balaban J connectivity index is 2.74. The van der Waals surface area contributed by atoms with Gasteiger partial charge in [0.2, 0.25) is 0 Å². The van der Waals surface area contributed by atoms with Crippen molar-refractivity contribution < 1.29 is 4.74 Å². The zero-order chi connectivity index (χ0) is 13.3. The number of hydrogen-bond acceptors (Lipinski definition) is 2. The largest absolute Gasteiger partial charge is 0.382 e. The normalized spacial score (nSPS) is 14.4. The van der Waals surface area contributed by atoms with Gasteiger partial charge in [-0.25, -0.2) is 0 Å². The Kier molecular flexibility index (Phi) is 6.99. The van der Waals surface area contributed by atoms with Crippen molar-refractivity contribution in [3.05, 3.63) is 35.9 Å². The van der Waals surface area contributed by atoms with Crippen LogP contribution >= 0.6 is 0 Å². The predicted octanol–water partition coefficient (Wildman–Crippen LogP) is 3.37. The first kappa shape index (κ1) is 15.2. The van der Waals surface area contributed by atoms with Crippen LogP contribution in [-0.4, -0.2) is 26.8 Å². The molecular weight excluding hydrogens is 222 g/mol. The van der Waals surface area contributed by atoms with Gasteiger partial charge in [-0.3, -0.25) is 0 Å². The third kappa shape index (κ3) is 4.11. The van der Waals surface area contributed by atoms with Crippen LogP contribution in [0, 0.1) is 0 Å². The molecule has 0 spiro atoms. The second kappa shape index (κ2) is 8.28. The van der Waals surface area contributed by atoms with E-state index in [2.05, 4.69) is 49.5 Å². The van der Waals surface area contributed by atoms with Gasteiger partial charge in [-0.2, -0.15) is 0 Å². The number of rotatable bonds is 9. The minimum atomic E-state index is 0.243. The third-order valence-corrected chi connectivity index (χ3v) is 3.73. The number of benzene rings is 1. The van der Waals surface area contributed by atoms with Crippen molar-refractivity contribution in [2.24, 2.45) is 0 Å². The van der Waals surface area contributed by atoms with Crippen LogP contribution in [0.5, 0.6) is 0 Å². The first-order valence-corrected chi connectivity index (χ1v) is 7.07. The van der Waals surface area contributed by atoms with Gasteiger partial charge in [-0.15, -0.1) is 0 Å². The summed E-state index contributed by atoms with van der Waals surface area (Å²) in [5.74, 6) is 0. The van der Waals surface area contributed by atoms with Gasteiger partial charge in [0.05, 0.1) is 0 Å². The minimum Gasteiger partial charge on any atom is -0.382 e. The molecule has 0 aromatic heterocycles. The number of hydrogen-bond donors (Lipinski definition) is 1. The molecule has 0 aliphatic carbocycles. The highest BCUT2D eigenvalue weighted by Crippen LogP contribution is 2.32. The molecule has 0 aliphatic rings. The lowest BCUT2D eigenvalue weighted by Crippen LogP contribution is -2.36. The molecule has 0 fully saturated rings. The van der Waals surface area contributed by atoms with Gasteiger partial charge < -0.3 is 10.1 Å². The SMILES string of the molecule is CCOCCCC(CC)(CNC)c1ccccc1. The molecule has 1 N–H and O–H groups in total. The highest BCUT2D eigenvalue weighted by molar-refractivity contribution is 5.25. The van der Waals surface area contributed by atoms with Gasteiger partial charge in [0.25, 0.3) is 0 Å². The molecule has 0 amide bonds. The van der Waals surface area contributed by atoms with Crippen LogP contribution in [0.4, 0.5) is 0 Å². The van der Waals surface area contributed by atoms with Crippen LogP contribution in [0.3, 0.4) is 0 Å². The van der Waals surface area contributed by atoms with E-state index in [1.165, 1.54) is 12.0 Å². The molecular formula is C16H27NO. The monoisotopic (exact) mass is 249 g/mol. The number of ether oxygens (including phenoxy) is 1. The maximum atomic E-state index is 5.47. The molecule has 0 saturated carbocycles. The Hall–Kier alpha value is -0.860. The first-order valence-electron chi connectivity index (χ1n) is 7.07. The fourth-order valence-corrected chi connectivity index (χ4v) is 2.63. The van der Waals surface area contributed by atoms with Crippen LogP contribution in [0.2, 0.25) is 0 Å². The molecule has 0 radical (unpaired) electrons. The Morgan fingerprint density at radius 2 is 1.89 bits per heavy atom. The lowest BCUT2D eigenvalue weighted by molar-refractivity contribution is 0.136. The van der Waals surface area contributed by atoms with E-state index in [-0.39, 0.29) is 5.41 Å². The number of nitrogens with one attached hydrogen (secondary N) is 1. The Labute approximate surface area is 112 Å². The minimum absolute atomic E-state index is 0.243. The third-order valence-electron chi connectivity index (χ3n) is 3.73. The zero-order valence-corrected chi connectivity index (χ0v) is 12.0. The van der Waals surface area contributed by atoms with Crippen molar-refractivity contribution in [2.75, 3.05) is 26.8 Å². The van der Waals surface area contributed by atoms with E-state index in [9.17, 15) is 0 Å². The van der Waals surface area contributed by atoms with Crippen LogP contribution in [-0.2, 0) is 10.2 Å². The van der Waals surface area contributed by atoms with Gasteiger partial charge >= 0.3 is 0 Å². The van der Waals surface area contributed by atoms with Gasteiger partial charge in [0.1, 0.15) is 0 Å². The molecule has 2 nitrogen and oxygen atoms in total. The summed E-state index contributed by atoms with van der Waals surface area (Å²) in [4.78, 5) is 0. The second-order valence-electron chi connectivity index (χ2n) is 4.83. The summed E-state index contributed by atoms with van der Waals surface area (Å²) in [5.41, 5.74) is 1.69. The lowest BCUT2D eigenvalue weighted by Gasteiger charge is -2.33. The highest BCUT2D eigenvalue weighted by atomic mass is 16.5. The summed E-state index contributed by atoms with van der Waals surface area (Å²) in [6, 6.07) is 10.9. The van der Waals surface area contributed by atoms with E-state index in [0.29, 0.717) is 0 Å². The molecule has 2 heteroatoms. The van der Waals surface area contributed by atoms with E-state index < -0.39 is 0 Å². The van der Waals surface area contributed by atoms with E-state index >= 15 is 0 Å². The maximum Gasteiger partial charge on any atom is 0.0466 e. The topological polar surface area (TPSA) is 21.3 Å². The first-order chi connectivity index (χ1) is 8.79. The van der Waals surface area contributed by atoms with Gasteiger partial charge in [-0.1, -0.05) is 37.3 Å². The summed E-state index contributed by atoms with van der Waals surface area (Å²) in [6.45, 7) is 7.05. The van der Waals surface area contributed by atoms with E-state index in [4.69, 9.17) is 4.74 Å². The van der Waals surface area contributed by atoms with Crippen molar-refractivity contribution in [1.82, 2.24) is 5.32 Å². The lowest BCUT2D eigenvalue weighted by atomic mass is 9.74. The molecule has 0 saturated heterocycles. The van der Waals surface area contributed by atoms with Crippen LogP contribution in [0.25, 0.3) is 0 Å². The molecule has 18 heavy (non-hydrogen) atoms. The van der Waals surface area contributed by atoms with E-state index in [1.807, 2.05) is 7.05 Å². The Bertz CT molecular complexity index is 312. The molecule has 0 heterocycles. The average Bonchev–Trinajstić information content (AvgIpc) is 2.43. The molecule has 102 valence electrons. The standard InChI is InChI=1S/C16H27NO/c1-4-16(14-17-3,12-9-13-18-5-2)15-10-7-6-8-11-15/h6-8,10-11,17H,4-5,9,12-14H2,1-3H3. The molecule has 0 bridgehead atoms. The Morgan fingerprint density at radius 1 is 1.17 bits per heavy atom. The van der Waals surface area contributed by atoms with Crippen molar-refractivity contribution in [1.29, 1.82) is 0 Å². The fraction of sp³-hybridized carbons (Fsp3) is 0.625. The summed E-state index contributed by atoms with van der Waals surface area (Å²) < 4.78 is 5.47. The summed E-state index contributed by atoms with van der Waals surface area (Å²) in [5, 5.41) is 3.36. The second-order valence-corrected chi connectivity index (χ2v) is 4.83. The smallest absolute Gasteiger partial charge is 0.0466 e. The molecule has 1 rings (SSSR count). The van der Waals surface area contributed by atoms with Crippen LogP contribution in [0.15, 0.2) is 30.3 Å².